The van der Waals surface area contributed by atoms with Crippen LogP contribution in [0.15, 0.2) is 60.7 Å². The molecule has 3 rings (SSSR count). The van der Waals surface area contributed by atoms with Gasteiger partial charge < -0.3 is 10.6 Å². The maximum absolute atomic E-state index is 13.3. The zero-order valence-electron chi connectivity index (χ0n) is 19.4. The molecular weight excluding hydrogens is 396 g/mol. The Hall–Kier alpha value is -3.40. The molecule has 0 saturated carbocycles. The SMILES string of the molecule is CCc1cccc(CC)c1NC(=O)c1ccccc1C(=O)Nc1c(CC)cccc1CC. The molecule has 3 aromatic carbocycles. The summed E-state index contributed by atoms with van der Waals surface area (Å²) in [6.07, 6.45) is 3.27. The largest absolute Gasteiger partial charge is 0.321 e. The third-order valence-electron chi connectivity index (χ3n) is 5.89. The fourth-order valence-corrected chi connectivity index (χ4v) is 4.05. The molecule has 0 aliphatic carbocycles. The highest BCUT2D eigenvalue weighted by Crippen LogP contribution is 2.26. The van der Waals surface area contributed by atoms with Crippen molar-refractivity contribution >= 4 is 23.2 Å². The van der Waals surface area contributed by atoms with Crippen LogP contribution in [-0.2, 0) is 25.7 Å². The molecule has 0 heterocycles. The average molecular weight is 429 g/mol. The Labute approximate surface area is 191 Å². The number of aryl methyl sites for hydroxylation is 4. The maximum Gasteiger partial charge on any atom is 0.256 e. The average Bonchev–Trinajstić information content (AvgIpc) is 2.84. The Morgan fingerprint density at radius 1 is 0.531 bits per heavy atom. The highest BCUT2D eigenvalue weighted by Gasteiger charge is 2.20. The van der Waals surface area contributed by atoms with Gasteiger partial charge in [0.2, 0.25) is 0 Å². The molecule has 0 aromatic heterocycles. The fourth-order valence-electron chi connectivity index (χ4n) is 4.05. The van der Waals surface area contributed by atoms with Gasteiger partial charge >= 0.3 is 0 Å². The van der Waals surface area contributed by atoms with Gasteiger partial charge in [-0.2, -0.15) is 0 Å². The Balaban J connectivity index is 1.94. The van der Waals surface area contributed by atoms with Crippen molar-refractivity contribution < 1.29 is 9.59 Å². The van der Waals surface area contributed by atoms with Gasteiger partial charge in [0.05, 0.1) is 11.1 Å². The maximum atomic E-state index is 13.3. The lowest BCUT2D eigenvalue weighted by molar-refractivity contribution is 0.0990. The molecule has 4 heteroatoms. The van der Waals surface area contributed by atoms with Gasteiger partial charge in [-0.3, -0.25) is 9.59 Å². The van der Waals surface area contributed by atoms with Crippen LogP contribution >= 0.6 is 0 Å². The predicted octanol–water partition coefficient (Wildman–Crippen LogP) is 6.44. The van der Waals surface area contributed by atoms with Gasteiger partial charge in [-0.1, -0.05) is 76.2 Å². The topological polar surface area (TPSA) is 58.2 Å². The molecule has 2 amide bonds. The van der Waals surface area contributed by atoms with Crippen molar-refractivity contribution in [3.05, 3.63) is 94.0 Å². The number of carbonyl (C=O) groups excluding carboxylic acids is 2. The molecule has 0 aliphatic rings. The van der Waals surface area contributed by atoms with E-state index in [1.54, 1.807) is 24.3 Å². The summed E-state index contributed by atoms with van der Waals surface area (Å²) in [5.74, 6) is -0.545. The highest BCUT2D eigenvalue weighted by molar-refractivity contribution is 6.15. The Morgan fingerprint density at radius 2 is 0.844 bits per heavy atom. The molecule has 3 aromatic rings. The van der Waals surface area contributed by atoms with Crippen molar-refractivity contribution in [2.24, 2.45) is 0 Å². The van der Waals surface area contributed by atoms with Gasteiger partial charge in [0.1, 0.15) is 0 Å². The van der Waals surface area contributed by atoms with Crippen LogP contribution in [0.5, 0.6) is 0 Å². The number of hydrogen-bond donors (Lipinski definition) is 2. The Kier molecular flexibility index (Phi) is 7.82. The second-order valence-corrected chi connectivity index (χ2v) is 7.77. The van der Waals surface area contributed by atoms with E-state index in [0.29, 0.717) is 11.1 Å². The molecular formula is C28H32N2O2. The third kappa shape index (κ3) is 4.91. The number of amides is 2. The molecule has 0 saturated heterocycles. The van der Waals surface area contributed by atoms with E-state index >= 15 is 0 Å². The van der Waals surface area contributed by atoms with Gasteiger partial charge in [0.25, 0.3) is 11.8 Å². The molecule has 0 atom stereocenters. The molecule has 166 valence electrons. The molecule has 32 heavy (non-hydrogen) atoms. The van der Waals surface area contributed by atoms with E-state index < -0.39 is 0 Å². The monoisotopic (exact) mass is 428 g/mol. The summed E-state index contributed by atoms with van der Waals surface area (Å²) in [5, 5.41) is 6.17. The third-order valence-corrected chi connectivity index (χ3v) is 5.89. The van der Waals surface area contributed by atoms with Crippen molar-refractivity contribution in [1.29, 1.82) is 0 Å². The number of rotatable bonds is 8. The minimum Gasteiger partial charge on any atom is -0.321 e. The minimum atomic E-state index is -0.272. The Morgan fingerprint density at radius 3 is 1.12 bits per heavy atom. The summed E-state index contributed by atoms with van der Waals surface area (Å²) in [6.45, 7) is 8.29. The summed E-state index contributed by atoms with van der Waals surface area (Å²) in [5.41, 5.74) is 6.78. The second kappa shape index (κ2) is 10.8. The number of para-hydroxylation sites is 2. The van der Waals surface area contributed by atoms with Gasteiger partial charge in [-0.15, -0.1) is 0 Å². The molecule has 0 unspecified atom stereocenters. The quantitative estimate of drug-likeness (QED) is 0.434. The number of benzene rings is 3. The van der Waals surface area contributed by atoms with Crippen LogP contribution in [0, 0.1) is 0 Å². The van der Waals surface area contributed by atoms with Crippen LogP contribution in [0.2, 0.25) is 0 Å². The van der Waals surface area contributed by atoms with Crippen LogP contribution in [0.25, 0.3) is 0 Å². The smallest absolute Gasteiger partial charge is 0.256 e. The number of nitrogens with one attached hydrogen (secondary N) is 2. The zero-order valence-corrected chi connectivity index (χ0v) is 19.4. The van der Waals surface area contributed by atoms with E-state index in [0.717, 1.165) is 59.3 Å². The van der Waals surface area contributed by atoms with Crippen LogP contribution in [0.4, 0.5) is 11.4 Å². The fraction of sp³-hybridized carbons (Fsp3) is 0.286. The highest BCUT2D eigenvalue weighted by atomic mass is 16.2. The summed E-state index contributed by atoms with van der Waals surface area (Å²) in [6, 6.07) is 19.1. The number of hydrogen-bond acceptors (Lipinski definition) is 2. The lowest BCUT2D eigenvalue weighted by Crippen LogP contribution is -2.22. The molecule has 4 nitrogen and oxygen atoms in total. The van der Waals surface area contributed by atoms with E-state index in [1.165, 1.54) is 0 Å². The lowest BCUT2D eigenvalue weighted by atomic mass is 10.0. The number of carbonyl (C=O) groups is 2. The molecule has 0 fully saturated rings. The van der Waals surface area contributed by atoms with E-state index in [4.69, 9.17) is 0 Å². The van der Waals surface area contributed by atoms with E-state index in [1.807, 2.05) is 36.4 Å². The zero-order chi connectivity index (χ0) is 23.1. The molecule has 0 radical (unpaired) electrons. The first-order valence-electron chi connectivity index (χ1n) is 11.5. The molecule has 0 spiro atoms. The van der Waals surface area contributed by atoms with Crippen LogP contribution in [0.1, 0.15) is 70.7 Å². The standard InChI is InChI=1S/C28H32N2O2/c1-5-19-13-11-14-20(6-2)25(19)29-27(31)23-17-9-10-18-24(23)28(32)30-26-21(7-3)15-12-16-22(26)8-4/h9-18H,5-8H2,1-4H3,(H,29,31)(H,30,32). The molecule has 0 bridgehead atoms. The number of anilines is 2. The summed E-state index contributed by atoms with van der Waals surface area (Å²) in [4.78, 5) is 26.6. The second-order valence-electron chi connectivity index (χ2n) is 7.77. The Bertz CT molecular complexity index is 985. The van der Waals surface area contributed by atoms with Crippen molar-refractivity contribution in [1.82, 2.24) is 0 Å². The van der Waals surface area contributed by atoms with Crippen LogP contribution < -0.4 is 10.6 Å². The van der Waals surface area contributed by atoms with Crippen LogP contribution in [-0.4, -0.2) is 11.8 Å². The van der Waals surface area contributed by atoms with Gasteiger partial charge in [0.15, 0.2) is 0 Å². The van der Waals surface area contributed by atoms with Crippen LogP contribution in [0.3, 0.4) is 0 Å². The first-order chi connectivity index (χ1) is 15.5. The van der Waals surface area contributed by atoms with E-state index in [9.17, 15) is 9.59 Å². The van der Waals surface area contributed by atoms with Gasteiger partial charge in [-0.25, -0.2) is 0 Å². The van der Waals surface area contributed by atoms with E-state index in [2.05, 4.69) is 38.3 Å². The predicted molar refractivity (Wildman–Crippen MR) is 133 cm³/mol. The first-order valence-corrected chi connectivity index (χ1v) is 11.5. The first kappa shape index (κ1) is 23.3. The van der Waals surface area contributed by atoms with Gasteiger partial charge in [-0.05, 0) is 60.1 Å². The lowest BCUT2D eigenvalue weighted by Gasteiger charge is -2.17. The summed E-state index contributed by atoms with van der Waals surface area (Å²) >= 11 is 0. The molecule has 0 aliphatic heterocycles. The van der Waals surface area contributed by atoms with Crippen molar-refractivity contribution in [3.63, 3.8) is 0 Å². The minimum absolute atomic E-state index is 0.272. The normalized spacial score (nSPS) is 10.6. The van der Waals surface area contributed by atoms with Crippen molar-refractivity contribution in [2.75, 3.05) is 10.6 Å². The summed E-state index contributed by atoms with van der Waals surface area (Å²) < 4.78 is 0. The van der Waals surface area contributed by atoms with Crippen molar-refractivity contribution in [2.45, 2.75) is 53.4 Å². The van der Waals surface area contributed by atoms with Crippen molar-refractivity contribution in [3.8, 4) is 0 Å². The van der Waals surface area contributed by atoms with Gasteiger partial charge in [0, 0.05) is 11.4 Å². The van der Waals surface area contributed by atoms with E-state index in [-0.39, 0.29) is 11.8 Å². The summed E-state index contributed by atoms with van der Waals surface area (Å²) in [7, 11) is 0. The molecule has 2 N–H and O–H groups in total.